The summed E-state index contributed by atoms with van der Waals surface area (Å²) >= 11 is 0. The van der Waals surface area contributed by atoms with Crippen LogP contribution >= 0.6 is 0 Å². The number of likely N-dealkylation sites (N-methyl/N-ethyl adjacent to an activating group) is 1. The van der Waals surface area contributed by atoms with E-state index in [4.69, 9.17) is 4.55 Å². The summed E-state index contributed by atoms with van der Waals surface area (Å²) in [6, 6.07) is 0. The van der Waals surface area contributed by atoms with Crippen molar-refractivity contribution in [2.75, 3.05) is 32.9 Å². The molecule has 0 radical (unpaired) electrons. The fourth-order valence-electron chi connectivity index (χ4n) is 2.01. The monoisotopic (exact) mass is 360 g/mol. The predicted molar refractivity (Wildman–Crippen MR) is 89.6 cm³/mol. The van der Waals surface area contributed by atoms with Crippen molar-refractivity contribution in [3.63, 3.8) is 0 Å². The lowest BCUT2D eigenvalue weighted by molar-refractivity contribution is -0.891. The third kappa shape index (κ3) is 8.18. The summed E-state index contributed by atoms with van der Waals surface area (Å²) in [5, 5.41) is 10.7. The van der Waals surface area contributed by atoms with E-state index in [0.29, 0.717) is 35.3 Å². The van der Waals surface area contributed by atoms with Crippen LogP contribution in [0.5, 0.6) is 0 Å². The Labute approximate surface area is 142 Å². The summed E-state index contributed by atoms with van der Waals surface area (Å²) in [7, 11) is 0.0540. The molecule has 1 aromatic heterocycles. The van der Waals surface area contributed by atoms with Gasteiger partial charge in [-0.2, -0.15) is 8.42 Å². The van der Waals surface area contributed by atoms with Gasteiger partial charge in [0.2, 0.25) is 5.91 Å². The van der Waals surface area contributed by atoms with E-state index in [1.54, 1.807) is 17.8 Å². The van der Waals surface area contributed by atoms with Gasteiger partial charge in [-0.3, -0.25) is 9.35 Å². The highest BCUT2D eigenvalue weighted by Gasteiger charge is 2.17. The molecule has 0 bridgehead atoms. The molecule has 0 atom stereocenters. The minimum absolute atomic E-state index is 0.221. The number of hydrogen-bond donors (Lipinski definition) is 2. The molecule has 1 rings (SSSR count). The summed E-state index contributed by atoms with van der Waals surface area (Å²) in [4.78, 5) is 11.4. The van der Waals surface area contributed by atoms with Crippen LogP contribution in [0.2, 0.25) is 0 Å². The second-order valence-corrected chi connectivity index (χ2v) is 8.03. The number of carbonyl (C=O) groups is 1. The Kier molecular flexibility index (Phi) is 7.06. The zero-order chi connectivity index (χ0) is 18.4. The van der Waals surface area contributed by atoms with E-state index in [9.17, 15) is 13.2 Å². The van der Waals surface area contributed by atoms with Crippen LogP contribution in [-0.4, -0.2) is 71.3 Å². The second-order valence-electron chi connectivity index (χ2n) is 6.46. The summed E-state index contributed by atoms with van der Waals surface area (Å²) in [6.07, 6.45) is 2.15. The molecule has 0 saturated carbocycles. The zero-order valence-electron chi connectivity index (χ0n) is 14.4. The van der Waals surface area contributed by atoms with Gasteiger partial charge < -0.3 is 9.80 Å². The molecule has 1 heterocycles. The number of amides is 1. The molecule has 9 nitrogen and oxygen atoms in total. The van der Waals surface area contributed by atoms with Crippen LogP contribution in [0.3, 0.4) is 0 Å². The lowest BCUT2D eigenvalue weighted by Crippen LogP contribution is -2.43. The molecule has 24 heavy (non-hydrogen) atoms. The van der Waals surface area contributed by atoms with E-state index in [1.165, 1.54) is 0 Å². The maximum atomic E-state index is 11.4. The average Bonchev–Trinajstić information content (AvgIpc) is 2.89. The van der Waals surface area contributed by atoms with Crippen LogP contribution < -0.4 is 5.32 Å². The Hall–Kier alpha value is -1.78. The predicted octanol–water partition coefficient (Wildman–Crippen LogP) is -0.175. The van der Waals surface area contributed by atoms with E-state index in [0.717, 1.165) is 6.54 Å². The molecule has 2 N–H and O–H groups in total. The van der Waals surface area contributed by atoms with Crippen LogP contribution in [0.4, 0.5) is 0 Å². The molecule has 0 aliphatic heterocycles. The lowest BCUT2D eigenvalue weighted by atomic mass is 10.3. The van der Waals surface area contributed by atoms with Crippen LogP contribution in [0.25, 0.3) is 0 Å². The van der Waals surface area contributed by atoms with E-state index in [-0.39, 0.29) is 18.2 Å². The molecule has 0 saturated heterocycles. The van der Waals surface area contributed by atoms with Crippen LogP contribution in [-0.2, 0) is 28.0 Å². The second kappa shape index (κ2) is 8.36. The van der Waals surface area contributed by atoms with Crippen molar-refractivity contribution in [1.29, 1.82) is 0 Å². The highest BCUT2D eigenvalue weighted by Crippen LogP contribution is 2.03. The Morgan fingerprint density at radius 2 is 2.08 bits per heavy atom. The number of carbonyl (C=O) groups excluding carboxylic acids is 1. The fourth-order valence-corrected chi connectivity index (χ4v) is 2.50. The van der Waals surface area contributed by atoms with E-state index >= 15 is 0 Å². The molecule has 0 aliphatic rings. The first-order chi connectivity index (χ1) is 11.0. The molecule has 0 unspecified atom stereocenters. The molecule has 0 aromatic carbocycles. The van der Waals surface area contributed by atoms with Crippen molar-refractivity contribution in [3.05, 3.63) is 24.0 Å². The largest absolute Gasteiger partial charge is 0.347 e. The lowest BCUT2D eigenvalue weighted by Gasteiger charge is -2.29. The normalized spacial score (nSPS) is 12.2. The summed E-state index contributed by atoms with van der Waals surface area (Å²) in [5.41, 5.74) is 1.09. The molecule has 0 spiro atoms. The van der Waals surface area contributed by atoms with Gasteiger partial charge in [-0.25, -0.2) is 4.68 Å². The van der Waals surface area contributed by atoms with Gasteiger partial charge in [-0.15, -0.1) is 5.10 Å². The van der Waals surface area contributed by atoms with Crippen LogP contribution in [0.15, 0.2) is 18.3 Å². The smallest absolute Gasteiger partial charge is 0.265 e. The van der Waals surface area contributed by atoms with E-state index in [1.807, 2.05) is 14.1 Å². The van der Waals surface area contributed by atoms with Crippen molar-refractivity contribution in [2.45, 2.75) is 26.4 Å². The Balaban J connectivity index is 2.41. The Morgan fingerprint density at radius 3 is 2.67 bits per heavy atom. The summed E-state index contributed by atoms with van der Waals surface area (Å²) in [5.74, 6) is -0.453. The third-order valence-corrected chi connectivity index (χ3v) is 4.31. The molecular formula is C14H26N5O4S+. The van der Waals surface area contributed by atoms with Gasteiger partial charge >= 0.3 is 0 Å². The van der Waals surface area contributed by atoms with Gasteiger partial charge in [0.25, 0.3) is 10.1 Å². The SMILES string of the molecule is C=C(C)C(=O)NCc1cn(CC[N+](C)(C)CCCS(=O)(=O)O)nn1. The number of aromatic nitrogens is 3. The first kappa shape index (κ1) is 20.3. The van der Waals surface area contributed by atoms with Crippen molar-refractivity contribution in [1.82, 2.24) is 20.3 Å². The molecule has 1 amide bonds. The van der Waals surface area contributed by atoms with Crippen molar-refractivity contribution < 1.29 is 22.2 Å². The van der Waals surface area contributed by atoms with Gasteiger partial charge in [0.1, 0.15) is 5.69 Å². The number of nitrogens with zero attached hydrogens (tertiary/aromatic N) is 4. The maximum absolute atomic E-state index is 11.4. The highest BCUT2D eigenvalue weighted by atomic mass is 32.2. The highest BCUT2D eigenvalue weighted by molar-refractivity contribution is 7.85. The van der Waals surface area contributed by atoms with Gasteiger partial charge in [0.05, 0.1) is 52.2 Å². The number of quaternary nitrogens is 1. The van der Waals surface area contributed by atoms with Gasteiger partial charge in [0.15, 0.2) is 0 Å². The first-order valence-corrected chi connectivity index (χ1v) is 9.19. The van der Waals surface area contributed by atoms with Crippen molar-refractivity contribution >= 4 is 16.0 Å². The van der Waals surface area contributed by atoms with Gasteiger partial charge in [-0.1, -0.05) is 11.8 Å². The Morgan fingerprint density at radius 1 is 1.42 bits per heavy atom. The van der Waals surface area contributed by atoms with Crippen molar-refractivity contribution in [3.8, 4) is 0 Å². The first-order valence-electron chi connectivity index (χ1n) is 7.58. The quantitative estimate of drug-likeness (QED) is 0.340. The van der Waals surface area contributed by atoms with E-state index < -0.39 is 10.1 Å². The summed E-state index contributed by atoms with van der Waals surface area (Å²) < 4.78 is 32.5. The van der Waals surface area contributed by atoms with E-state index in [2.05, 4.69) is 22.2 Å². The zero-order valence-corrected chi connectivity index (χ0v) is 15.2. The van der Waals surface area contributed by atoms with Crippen LogP contribution in [0, 0.1) is 0 Å². The third-order valence-electron chi connectivity index (χ3n) is 3.50. The molecule has 1 aromatic rings. The number of nitrogens with one attached hydrogen (secondary N) is 1. The number of hydrogen-bond acceptors (Lipinski definition) is 5. The summed E-state index contributed by atoms with van der Waals surface area (Å²) in [6.45, 7) is 7.44. The molecule has 0 fully saturated rings. The molecule has 136 valence electrons. The standard InChI is InChI=1S/C14H25N5O4S/c1-12(2)14(20)15-10-13-11-18(17-16-13)6-8-19(3,4)7-5-9-24(21,22)23/h11H,1,5-10H2,2-4H3,(H-,15,20,21,22,23)/p+1. The van der Waals surface area contributed by atoms with Gasteiger partial charge in [-0.05, 0) is 6.92 Å². The minimum atomic E-state index is -3.91. The van der Waals surface area contributed by atoms with Gasteiger partial charge in [0, 0.05) is 12.0 Å². The molecule has 10 heteroatoms. The van der Waals surface area contributed by atoms with Crippen LogP contribution in [0.1, 0.15) is 19.0 Å². The molecule has 0 aliphatic carbocycles. The fraction of sp³-hybridized carbons (Fsp3) is 0.643. The average molecular weight is 360 g/mol. The minimum Gasteiger partial charge on any atom is -0.347 e. The van der Waals surface area contributed by atoms with Crippen molar-refractivity contribution in [2.24, 2.45) is 0 Å². The number of rotatable bonds is 10. The maximum Gasteiger partial charge on any atom is 0.265 e. The molecular weight excluding hydrogens is 334 g/mol. The topological polar surface area (TPSA) is 114 Å². The Bertz CT molecular complexity index is 681.